The van der Waals surface area contributed by atoms with Crippen LogP contribution in [0.25, 0.3) is 0 Å². The van der Waals surface area contributed by atoms with E-state index in [-0.39, 0.29) is 0 Å². The van der Waals surface area contributed by atoms with Crippen LogP contribution in [0.4, 0.5) is 0 Å². The van der Waals surface area contributed by atoms with Crippen LogP contribution in [-0.2, 0) is 4.57 Å². The Morgan fingerprint density at radius 2 is 1.04 bits per heavy atom. The van der Waals surface area contributed by atoms with Crippen LogP contribution in [-0.4, -0.2) is 14.2 Å². The molecule has 0 heterocycles. The molecule has 0 fully saturated rings. The van der Waals surface area contributed by atoms with Gasteiger partial charge in [-0.25, -0.2) is 0 Å². The average Bonchev–Trinajstić information content (AvgIpc) is 2.68. The second-order valence-corrected chi connectivity index (χ2v) is 7.76. The third-order valence-electron chi connectivity index (χ3n) is 3.88. The third-order valence-corrected chi connectivity index (χ3v) is 5.59. The number of benzene rings is 3. The zero-order valence-corrected chi connectivity index (χ0v) is 16.7. The molecule has 4 heteroatoms. The fraction of sp³-hybridized carbons (Fsp3) is 0.182. The van der Waals surface area contributed by atoms with E-state index in [1.807, 2.05) is 48.5 Å². The van der Waals surface area contributed by atoms with Gasteiger partial charge in [0.2, 0.25) is 0 Å². The van der Waals surface area contributed by atoms with E-state index in [2.05, 4.69) is 38.1 Å². The molecule has 0 aliphatic heterocycles. The Hall–Kier alpha value is -2.51. The molecule has 3 aromatic rings. The van der Waals surface area contributed by atoms with Gasteiger partial charge >= 0.3 is 0 Å². The molecule has 0 saturated carbocycles. The van der Waals surface area contributed by atoms with E-state index in [1.54, 1.807) is 14.2 Å². The lowest BCUT2D eigenvalue weighted by Gasteiger charge is -2.05. The Kier molecular flexibility index (Phi) is 7.50. The molecule has 0 saturated heterocycles. The predicted molar refractivity (Wildman–Crippen MR) is 110 cm³/mol. The summed E-state index contributed by atoms with van der Waals surface area (Å²) in [6.07, 6.45) is 0. The van der Waals surface area contributed by atoms with Crippen molar-refractivity contribution in [1.29, 1.82) is 0 Å². The van der Waals surface area contributed by atoms with E-state index in [1.165, 1.54) is 11.1 Å². The van der Waals surface area contributed by atoms with E-state index in [0.717, 1.165) is 22.1 Å². The van der Waals surface area contributed by atoms with Crippen molar-refractivity contribution in [3.8, 4) is 11.5 Å². The number of hydrogen-bond acceptors (Lipinski definition) is 3. The molecule has 0 aliphatic carbocycles. The number of methoxy groups -OCH3 is 2. The fourth-order valence-electron chi connectivity index (χ4n) is 2.46. The monoisotopic (exact) mass is 368 g/mol. The maximum atomic E-state index is 12.3. The Morgan fingerprint density at radius 1 is 0.654 bits per heavy atom. The SMILES string of the molecule is COc1ccc([PH](=O)c2ccc(OC)cc2)cc1.Cc1cccc(C)c1. The van der Waals surface area contributed by atoms with Crippen molar-refractivity contribution in [3.63, 3.8) is 0 Å². The first kappa shape index (κ1) is 19.8. The van der Waals surface area contributed by atoms with Crippen LogP contribution in [0, 0.1) is 13.8 Å². The van der Waals surface area contributed by atoms with Crippen LogP contribution >= 0.6 is 7.80 Å². The highest BCUT2D eigenvalue weighted by atomic mass is 31.1. The molecular weight excluding hydrogens is 343 g/mol. The summed E-state index contributed by atoms with van der Waals surface area (Å²) in [6.45, 7) is 4.21. The van der Waals surface area contributed by atoms with Crippen molar-refractivity contribution in [2.24, 2.45) is 0 Å². The highest BCUT2D eigenvalue weighted by molar-refractivity contribution is 7.61. The van der Waals surface area contributed by atoms with Crippen LogP contribution in [0.15, 0.2) is 72.8 Å². The molecule has 3 aromatic carbocycles. The number of rotatable bonds is 4. The van der Waals surface area contributed by atoms with Crippen molar-refractivity contribution < 1.29 is 14.0 Å². The van der Waals surface area contributed by atoms with Gasteiger partial charge in [0.05, 0.1) is 14.2 Å². The molecular formula is C22H25O3P. The largest absolute Gasteiger partial charge is 0.497 e. The Morgan fingerprint density at radius 3 is 1.31 bits per heavy atom. The Balaban J connectivity index is 0.000000254. The van der Waals surface area contributed by atoms with Crippen molar-refractivity contribution >= 4 is 18.4 Å². The quantitative estimate of drug-likeness (QED) is 0.635. The smallest absolute Gasteiger partial charge is 0.131 e. The summed E-state index contributed by atoms with van der Waals surface area (Å²) in [7, 11) is 1.27. The van der Waals surface area contributed by atoms with Gasteiger partial charge < -0.3 is 14.0 Å². The molecule has 0 aromatic heterocycles. The Bertz CT molecular complexity index is 773. The first-order valence-corrected chi connectivity index (χ1v) is 9.80. The lowest BCUT2D eigenvalue weighted by molar-refractivity contribution is 0.415. The molecule has 0 aliphatic rings. The van der Waals surface area contributed by atoms with Crippen LogP contribution < -0.4 is 20.1 Å². The van der Waals surface area contributed by atoms with E-state index in [0.29, 0.717) is 0 Å². The minimum absolute atomic E-state index is 0.767. The maximum Gasteiger partial charge on any atom is 0.131 e. The minimum atomic E-state index is -1.95. The van der Waals surface area contributed by atoms with Gasteiger partial charge in [-0.3, -0.25) is 0 Å². The van der Waals surface area contributed by atoms with Crippen LogP contribution in [0.2, 0.25) is 0 Å². The summed E-state index contributed by atoms with van der Waals surface area (Å²) < 4.78 is 22.5. The topological polar surface area (TPSA) is 35.5 Å². The fourth-order valence-corrected chi connectivity index (χ4v) is 3.73. The van der Waals surface area contributed by atoms with E-state index < -0.39 is 7.80 Å². The number of hydrogen-bond donors (Lipinski definition) is 0. The summed E-state index contributed by atoms with van der Waals surface area (Å²) in [4.78, 5) is 0. The van der Waals surface area contributed by atoms with Crippen LogP contribution in [0.1, 0.15) is 11.1 Å². The van der Waals surface area contributed by atoms with E-state index >= 15 is 0 Å². The van der Waals surface area contributed by atoms with Crippen LogP contribution in [0.3, 0.4) is 0 Å². The average molecular weight is 368 g/mol. The molecule has 3 nitrogen and oxygen atoms in total. The van der Waals surface area contributed by atoms with Crippen molar-refractivity contribution in [2.45, 2.75) is 13.8 Å². The standard InChI is InChI=1S/C14H15O3P.C8H10/c1-16-11-3-7-13(8-4-11)18(15)14-9-5-12(17-2)6-10-14;1-7-4-3-5-8(2)6-7/h3-10,18H,1-2H3;3-6H,1-2H3. The molecule has 26 heavy (non-hydrogen) atoms. The molecule has 3 rings (SSSR count). The van der Waals surface area contributed by atoms with Crippen molar-refractivity contribution in [2.75, 3.05) is 14.2 Å². The molecule has 0 radical (unpaired) electrons. The first-order chi connectivity index (χ1) is 12.5. The summed E-state index contributed by atoms with van der Waals surface area (Å²) in [5.74, 6) is 1.53. The molecule has 0 spiro atoms. The van der Waals surface area contributed by atoms with Gasteiger partial charge in [-0.15, -0.1) is 0 Å². The lowest BCUT2D eigenvalue weighted by atomic mass is 10.2. The molecule has 0 amide bonds. The van der Waals surface area contributed by atoms with Gasteiger partial charge in [-0.2, -0.15) is 0 Å². The zero-order valence-electron chi connectivity index (χ0n) is 15.7. The molecule has 0 N–H and O–H groups in total. The van der Waals surface area contributed by atoms with Gasteiger partial charge in [0, 0.05) is 10.6 Å². The highest BCUT2D eigenvalue weighted by Crippen LogP contribution is 2.22. The molecule has 136 valence electrons. The normalized spacial score (nSPS) is 10.0. The minimum Gasteiger partial charge on any atom is -0.497 e. The van der Waals surface area contributed by atoms with Gasteiger partial charge in [0.15, 0.2) is 0 Å². The summed E-state index contributed by atoms with van der Waals surface area (Å²) in [5, 5.41) is 1.65. The molecule has 0 bridgehead atoms. The predicted octanol–water partition coefficient (Wildman–Crippen LogP) is 4.52. The maximum absolute atomic E-state index is 12.3. The highest BCUT2D eigenvalue weighted by Gasteiger charge is 2.07. The van der Waals surface area contributed by atoms with Gasteiger partial charge in [0.25, 0.3) is 0 Å². The zero-order chi connectivity index (χ0) is 18.9. The van der Waals surface area contributed by atoms with Gasteiger partial charge in [-0.05, 0) is 62.4 Å². The number of aryl methyl sites for hydroxylation is 2. The van der Waals surface area contributed by atoms with Crippen molar-refractivity contribution in [3.05, 3.63) is 83.9 Å². The van der Waals surface area contributed by atoms with Crippen LogP contribution in [0.5, 0.6) is 11.5 Å². The summed E-state index contributed by atoms with van der Waals surface area (Å²) >= 11 is 0. The Labute approximate surface area is 156 Å². The summed E-state index contributed by atoms with van der Waals surface area (Å²) in [5.41, 5.74) is 2.68. The van der Waals surface area contributed by atoms with Gasteiger partial charge in [0.1, 0.15) is 19.3 Å². The third kappa shape index (κ3) is 5.79. The van der Waals surface area contributed by atoms with E-state index in [9.17, 15) is 4.57 Å². The molecule has 0 unspecified atom stereocenters. The second-order valence-electron chi connectivity index (χ2n) is 5.94. The van der Waals surface area contributed by atoms with Gasteiger partial charge in [-0.1, -0.05) is 35.4 Å². The summed E-state index contributed by atoms with van der Waals surface area (Å²) in [6, 6.07) is 23.1. The first-order valence-electron chi connectivity index (χ1n) is 8.39. The lowest BCUT2D eigenvalue weighted by Crippen LogP contribution is -2.06. The van der Waals surface area contributed by atoms with Crippen molar-refractivity contribution in [1.82, 2.24) is 0 Å². The van der Waals surface area contributed by atoms with E-state index in [4.69, 9.17) is 9.47 Å². The molecule has 0 atom stereocenters. The second kappa shape index (κ2) is 9.84. The number of ether oxygens (including phenoxy) is 2.